The molecule has 0 atom stereocenters. The molecule has 0 aliphatic rings. The topological polar surface area (TPSA) is 0 Å². The SMILES string of the molecule is CCc1ccc(Cc2ccc(C)c(C(F)(F)F)c2)c(F)c1. The van der Waals surface area contributed by atoms with Gasteiger partial charge in [-0.05, 0) is 47.7 Å². The summed E-state index contributed by atoms with van der Waals surface area (Å²) in [4.78, 5) is 0. The van der Waals surface area contributed by atoms with Crippen molar-refractivity contribution in [2.75, 3.05) is 0 Å². The second-order valence-corrected chi connectivity index (χ2v) is 5.10. The Morgan fingerprint density at radius 1 is 0.952 bits per heavy atom. The molecule has 2 aromatic rings. The van der Waals surface area contributed by atoms with Crippen molar-refractivity contribution in [3.05, 3.63) is 70.0 Å². The third kappa shape index (κ3) is 3.63. The van der Waals surface area contributed by atoms with Gasteiger partial charge in [-0.1, -0.05) is 31.2 Å². The molecule has 0 heterocycles. The van der Waals surface area contributed by atoms with Crippen LogP contribution in [0.3, 0.4) is 0 Å². The van der Waals surface area contributed by atoms with Gasteiger partial charge in [0.2, 0.25) is 0 Å². The monoisotopic (exact) mass is 296 g/mol. The molecular formula is C17H16F4. The molecule has 0 saturated carbocycles. The molecule has 4 heteroatoms. The molecular weight excluding hydrogens is 280 g/mol. The van der Waals surface area contributed by atoms with E-state index in [2.05, 4.69) is 0 Å². The first-order chi connectivity index (χ1) is 9.81. The maximum atomic E-state index is 13.9. The van der Waals surface area contributed by atoms with Crippen molar-refractivity contribution in [1.29, 1.82) is 0 Å². The van der Waals surface area contributed by atoms with E-state index in [1.807, 2.05) is 6.92 Å². The largest absolute Gasteiger partial charge is 0.416 e. The standard InChI is InChI=1S/C17H16F4/c1-3-12-6-7-14(16(18)10-12)8-13-5-4-11(2)15(9-13)17(19,20)21/h4-7,9-10H,3,8H2,1-2H3. The Morgan fingerprint density at radius 2 is 1.62 bits per heavy atom. The van der Waals surface area contributed by atoms with Crippen molar-refractivity contribution in [3.63, 3.8) is 0 Å². The molecule has 0 N–H and O–H groups in total. The minimum Gasteiger partial charge on any atom is -0.207 e. The Kier molecular flexibility index (Phi) is 4.35. The third-order valence-corrected chi connectivity index (χ3v) is 3.53. The van der Waals surface area contributed by atoms with Crippen LogP contribution in [-0.4, -0.2) is 0 Å². The van der Waals surface area contributed by atoms with Gasteiger partial charge in [-0.2, -0.15) is 13.2 Å². The van der Waals surface area contributed by atoms with Crippen LogP contribution in [0.5, 0.6) is 0 Å². The Labute approximate surface area is 121 Å². The van der Waals surface area contributed by atoms with E-state index >= 15 is 0 Å². The highest BCUT2D eigenvalue weighted by atomic mass is 19.4. The van der Waals surface area contributed by atoms with Gasteiger partial charge in [0, 0.05) is 6.42 Å². The predicted octanol–water partition coefficient (Wildman–Crippen LogP) is 5.31. The molecule has 0 aliphatic carbocycles. The fourth-order valence-electron chi connectivity index (χ4n) is 2.26. The van der Waals surface area contributed by atoms with Gasteiger partial charge < -0.3 is 0 Å². The first kappa shape index (κ1) is 15.5. The summed E-state index contributed by atoms with van der Waals surface area (Å²) in [5, 5.41) is 0. The Bertz CT molecular complexity index is 642. The summed E-state index contributed by atoms with van der Waals surface area (Å²) in [6.45, 7) is 3.34. The van der Waals surface area contributed by atoms with Crippen LogP contribution >= 0.6 is 0 Å². The van der Waals surface area contributed by atoms with Crippen LogP contribution in [0.25, 0.3) is 0 Å². The lowest BCUT2D eigenvalue weighted by atomic mass is 9.98. The van der Waals surface area contributed by atoms with Gasteiger partial charge in [-0.25, -0.2) is 4.39 Å². The van der Waals surface area contributed by atoms with Crippen molar-refractivity contribution in [2.24, 2.45) is 0 Å². The van der Waals surface area contributed by atoms with Gasteiger partial charge in [0.1, 0.15) is 5.82 Å². The first-order valence-electron chi connectivity index (χ1n) is 6.75. The van der Waals surface area contributed by atoms with E-state index in [0.29, 0.717) is 11.1 Å². The minimum atomic E-state index is -4.38. The maximum absolute atomic E-state index is 13.9. The van der Waals surface area contributed by atoms with Crippen LogP contribution in [0.1, 0.15) is 34.7 Å². The highest BCUT2D eigenvalue weighted by Gasteiger charge is 2.32. The number of aryl methyl sites for hydroxylation is 2. The Balaban J connectivity index is 2.32. The summed E-state index contributed by atoms with van der Waals surface area (Å²) in [5.41, 5.74) is 1.25. The molecule has 21 heavy (non-hydrogen) atoms. The highest BCUT2D eigenvalue weighted by molar-refractivity contribution is 5.37. The summed E-state index contributed by atoms with van der Waals surface area (Å²) in [7, 11) is 0. The number of alkyl halides is 3. The van der Waals surface area contributed by atoms with Crippen LogP contribution in [0.2, 0.25) is 0 Å². The molecule has 0 aliphatic heterocycles. The van der Waals surface area contributed by atoms with Crippen LogP contribution in [0, 0.1) is 12.7 Å². The highest BCUT2D eigenvalue weighted by Crippen LogP contribution is 2.32. The average molecular weight is 296 g/mol. The predicted molar refractivity (Wildman–Crippen MR) is 74.8 cm³/mol. The molecule has 0 unspecified atom stereocenters. The van der Waals surface area contributed by atoms with Gasteiger partial charge in [-0.15, -0.1) is 0 Å². The quantitative estimate of drug-likeness (QED) is 0.674. The Morgan fingerprint density at radius 3 is 2.19 bits per heavy atom. The van der Waals surface area contributed by atoms with Crippen molar-refractivity contribution in [3.8, 4) is 0 Å². The second kappa shape index (κ2) is 5.88. The zero-order valence-corrected chi connectivity index (χ0v) is 11.9. The lowest BCUT2D eigenvalue weighted by Gasteiger charge is -2.12. The Hall–Kier alpha value is -1.84. The lowest BCUT2D eigenvalue weighted by Crippen LogP contribution is -2.08. The minimum absolute atomic E-state index is 0.152. The molecule has 0 bridgehead atoms. The molecule has 0 spiro atoms. The number of rotatable bonds is 3. The van der Waals surface area contributed by atoms with E-state index in [-0.39, 0.29) is 17.8 Å². The van der Waals surface area contributed by atoms with E-state index in [4.69, 9.17) is 0 Å². The molecule has 112 valence electrons. The van der Waals surface area contributed by atoms with E-state index < -0.39 is 11.7 Å². The van der Waals surface area contributed by atoms with Crippen LogP contribution in [-0.2, 0) is 19.0 Å². The van der Waals surface area contributed by atoms with Crippen molar-refractivity contribution in [1.82, 2.24) is 0 Å². The molecule has 0 radical (unpaired) electrons. The van der Waals surface area contributed by atoms with E-state index in [0.717, 1.165) is 18.1 Å². The fourth-order valence-corrected chi connectivity index (χ4v) is 2.26. The average Bonchev–Trinajstić information content (AvgIpc) is 2.41. The second-order valence-electron chi connectivity index (χ2n) is 5.10. The number of halogens is 4. The molecule has 0 amide bonds. The van der Waals surface area contributed by atoms with Crippen molar-refractivity contribution < 1.29 is 17.6 Å². The molecule has 0 fully saturated rings. The molecule has 2 rings (SSSR count). The fraction of sp³-hybridized carbons (Fsp3) is 0.294. The van der Waals surface area contributed by atoms with Gasteiger partial charge in [0.25, 0.3) is 0 Å². The summed E-state index contributed by atoms with van der Waals surface area (Å²) < 4.78 is 52.5. The third-order valence-electron chi connectivity index (χ3n) is 3.53. The van der Waals surface area contributed by atoms with Crippen LogP contribution in [0.15, 0.2) is 36.4 Å². The van der Waals surface area contributed by atoms with Crippen molar-refractivity contribution in [2.45, 2.75) is 32.9 Å². The zero-order valence-electron chi connectivity index (χ0n) is 11.9. The number of hydrogen-bond acceptors (Lipinski definition) is 0. The van der Waals surface area contributed by atoms with Crippen LogP contribution < -0.4 is 0 Å². The van der Waals surface area contributed by atoms with Crippen LogP contribution in [0.4, 0.5) is 17.6 Å². The molecule has 2 aromatic carbocycles. The molecule has 0 saturated heterocycles. The van der Waals surface area contributed by atoms with E-state index in [1.165, 1.54) is 19.1 Å². The van der Waals surface area contributed by atoms with E-state index in [9.17, 15) is 17.6 Å². The van der Waals surface area contributed by atoms with Gasteiger partial charge in [-0.3, -0.25) is 0 Å². The molecule has 0 aromatic heterocycles. The molecule has 0 nitrogen and oxygen atoms in total. The van der Waals surface area contributed by atoms with Gasteiger partial charge in [0.05, 0.1) is 5.56 Å². The summed E-state index contributed by atoms with van der Waals surface area (Å²) in [5.74, 6) is -0.372. The summed E-state index contributed by atoms with van der Waals surface area (Å²) in [6.07, 6.45) is -3.51. The number of benzene rings is 2. The smallest absolute Gasteiger partial charge is 0.207 e. The van der Waals surface area contributed by atoms with E-state index in [1.54, 1.807) is 18.2 Å². The first-order valence-corrected chi connectivity index (χ1v) is 6.75. The maximum Gasteiger partial charge on any atom is 0.416 e. The summed E-state index contributed by atoms with van der Waals surface area (Å²) in [6, 6.07) is 9.02. The number of hydrogen-bond donors (Lipinski definition) is 0. The van der Waals surface area contributed by atoms with Gasteiger partial charge >= 0.3 is 6.18 Å². The lowest BCUT2D eigenvalue weighted by molar-refractivity contribution is -0.138. The zero-order chi connectivity index (χ0) is 15.6. The van der Waals surface area contributed by atoms with Crippen molar-refractivity contribution >= 4 is 0 Å². The van der Waals surface area contributed by atoms with Gasteiger partial charge in [0.15, 0.2) is 0 Å². The summed E-state index contributed by atoms with van der Waals surface area (Å²) >= 11 is 0. The normalized spacial score (nSPS) is 11.7.